The lowest BCUT2D eigenvalue weighted by Gasteiger charge is -2.25. The highest BCUT2D eigenvalue weighted by Gasteiger charge is 2.21. The third-order valence-electron chi connectivity index (χ3n) is 3.41. The summed E-state index contributed by atoms with van der Waals surface area (Å²) in [6.45, 7) is 1.79. The van der Waals surface area contributed by atoms with E-state index in [1.165, 1.54) is 29.2 Å². The minimum atomic E-state index is -0.623. The van der Waals surface area contributed by atoms with E-state index >= 15 is 0 Å². The number of hydrogen-bond donors (Lipinski definition) is 0. The second-order valence-electron chi connectivity index (χ2n) is 4.77. The number of rotatable bonds is 3. The van der Waals surface area contributed by atoms with Crippen LogP contribution >= 0.6 is 11.6 Å². The van der Waals surface area contributed by atoms with Crippen molar-refractivity contribution in [1.82, 2.24) is 4.90 Å². The Balaban J connectivity index is 2.26. The molecule has 0 bridgehead atoms. The van der Waals surface area contributed by atoms with Gasteiger partial charge in [0.05, 0.1) is 11.6 Å². The van der Waals surface area contributed by atoms with Crippen molar-refractivity contribution in [2.75, 3.05) is 7.05 Å². The second kappa shape index (κ2) is 6.22. The van der Waals surface area contributed by atoms with E-state index in [0.717, 1.165) is 11.6 Å². The summed E-state index contributed by atoms with van der Waals surface area (Å²) in [7, 11) is 1.57. The predicted molar refractivity (Wildman–Crippen MR) is 78.3 cm³/mol. The van der Waals surface area contributed by atoms with Crippen LogP contribution in [0.5, 0.6) is 0 Å². The topological polar surface area (TPSA) is 20.3 Å². The fourth-order valence-corrected chi connectivity index (χ4v) is 2.16. The second-order valence-corrected chi connectivity index (χ2v) is 5.20. The molecule has 0 fully saturated rings. The van der Waals surface area contributed by atoms with Gasteiger partial charge in [-0.1, -0.05) is 23.7 Å². The van der Waals surface area contributed by atoms with Crippen LogP contribution < -0.4 is 0 Å². The number of carbonyl (C=O) groups is 1. The normalized spacial score (nSPS) is 12.0. The molecule has 0 radical (unpaired) electrons. The molecule has 2 aromatic rings. The van der Waals surface area contributed by atoms with Gasteiger partial charge in [0.25, 0.3) is 5.91 Å². The lowest BCUT2D eigenvalue weighted by molar-refractivity contribution is 0.0738. The van der Waals surface area contributed by atoms with Crippen molar-refractivity contribution in [2.45, 2.75) is 13.0 Å². The van der Waals surface area contributed by atoms with Crippen molar-refractivity contribution in [3.8, 4) is 0 Å². The van der Waals surface area contributed by atoms with Crippen LogP contribution in [-0.2, 0) is 0 Å². The van der Waals surface area contributed by atoms with Crippen molar-refractivity contribution in [1.29, 1.82) is 0 Å². The standard InChI is InChI=1S/C16H14ClF2NO/c1-10(11-3-6-13(18)7-4-11)20(2)16(21)14-9-12(17)5-8-15(14)19/h3-10H,1-2H3. The quantitative estimate of drug-likeness (QED) is 0.820. The van der Waals surface area contributed by atoms with E-state index in [2.05, 4.69) is 0 Å². The molecule has 2 nitrogen and oxygen atoms in total. The molecule has 0 saturated heterocycles. The maximum atomic E-state index is 13.7. The van der Waals surface area contributed by atoms with Crippen LogP contribution in [0.15, 0.2) is 42.5 Å². The highest BCUT2D eigenvalue weighted by Crippen LogP contribution is 2.23. The van der Waals surface area contributed by atoms with Gasteiger partial charge in [0.1, 0.15) is 11.6 Å². The molecule has 5 heteroatoms. The molecule has 0 saturated carbocycles. The molecular formula is C16H14ClF2NO. The number of halogens is 3. The minimum absolute atomic E-state index is 0.0843. The summed E-state index contributed by atoms with van der Waals surface area (Å²) in [4.78, 5) is 13.7. The molecule has 0 aliphatic heterocycles. The van der Waals surface area contributed by atoms with Gasteiger partial charge in [-0.25, -0.2) is 8.78 Å². The van der Waals surface area contributed by atoms with Crippen LogP contribution in [0.1, 0.15) is 28.9 Å². The van der Waals surface area contributed by atoms with Gasteiger partial charge in [0.15, 0.2) is 0 Å². The molecule has 0 aliphatic rings. The maximum Gasteiger partial charge on any atom is 0.257 e. The number of benzene rings is 2. The maximum absolute atomic E-state index is 13.7. The molecule has 21 heavy (non-hydrogen) atoms. The summed E-state index contributed by atoms with van der Waals surface area (Å²) in [5, 5.41) is 0.294. The van der Waals surface area contributed by atoms with Crippen molar-refractivity contribution in [2.24, 2.45) is 0 Å². The Kier molecular flexibility index (Phi) is 4.58. The molecule has 0 N–H and O–H groups in total. The van der Waals surface area contributed by atoms with Gasteiger partial charge in [-0.15, -0.1) is 0 Å². The summed E-state index contributed by atoms with van der Waals surface area (Å²) in [6.07, 6.45) is 0. The molecule has 110 valence electrons. The van der Waals surface area contributed by atoms with Gasteiger partial charge in [0.2, 0.25) is 0 Å². The Bertz CT molecular complexity index is 658. The Hall–Kier alpha value is -1.94. The van der Waals surface area contributed by atoms with Crippen molar-refractivity contribution in [3.63, 3.8) is 0 Å². The predicted octanol–water partition coefficient (Wildman–Crippen LogP) is 4.45. The Morgan fingerprint density at radius 1 is 1.14 bits per heavy atom. The first-order valence-corrected chi connectivity index (χ1v) is 6.75. The van der Waals surface area contributed by atoms with Gasteiger partial charge < -0.3 is 4.90 Å². The Morgan fingerprint density at radius 3 is 2.38 bits per heavy atom. The van der Waals surface area contributed by atoms with Crippen molar-refractivity contribution < 1.29 is 13.6 Å². The average Bonchev–Trinajstić information content (AvgIpc) is 2.48. The van der Waals surface area contributed by atoms with Gasteiger partial charge in [-0.05, 0) is 42.8 Å². The highest BCUT2D eigenvalue weighted by atomic mass is 35.5. The van der Waals surface area contributed by atoms with Crippen LogP contribution in [0.25, 0.3) is 0 Å². The van der Waals surface area contributed by atoms with Crippen LogP contribution in [0.4, 0.5) is 8.78 Å². The number of carbonyl (C=O) groups excluding carboxylic acids is 1. The summed E-state index contributed by atoms with van der Waals surface area (Å²) in [6, 6.07) is 9.36. The largest absolute Gasteiger partial charge is 0.335 e. The first-order chi connectivity index (χ1) is 9.90. The van der Waals surface area contributed by atoms with Gasteiger partial charge in [-0.2, -0.15) is 0 Å². The van der Waals surface area contributed by atoms with Crippen LogP contribution in [0, 0.1) is 11.6 Å². The number of hydrogen-bond acceptors (Lipinski definition) is 1. The molecule has 0 spiro atoms. The molecule has 1 unspecified atom stereocenters. The third kappa shape index (κ3) is 3.39. The van der Waals surface area contributed by atoms with Crippen LogP contribution in [-0.4, -0.2) is 17.9 Å². The smallest absolute Gasteiger partial charge is 0.257 e. The lowest BCUT2D eigenvalue weighted by Crippen LogP contribution is -2.30. The fourth-order valence-electron chi connectivity index (χ4n) is 1.99. The van der Waals surface area contributed by atoms with E-state index in [-0.39, 0.29) is 17.4 Å². The number of amides is 1. The molecule has 0 heterocycles. The summed E-state index contributed by atoms with van der Waals surface area (Å²) >= 11 is 5.80. The van der Waals surface area contributed by atoms with Crippen LogP contribution in [0.3, 0.4) is 0 Å². The van der Waals surface area contributed by atoms with Crippen LogP contribution in [0.2, 0.25) is 5.02 Å². The van der Waals surface area contributed by atoms with E-state index < -0.39 is 11.7 Å². The van der Waals surface area contributed by atoms with Gasteiger partial charge >= 0.3 is 0 Å². The monoisotopic (exact) mass is 309 g/mol. The molecule has 0 aliphatic carbocycles. The van der Waals surface area contributed by atoms with E-state index in [1.54, 1.807) is 26.1 Å². The summed E-state index contributed by atoms with van der Waals surface area (Å²) in [5.74, 6) is -1.45. The zero-order valence-corrected chi connectivity index (χ0v) is 12.4. The Labute approximate surface area is 127 Å². The average molecular weight is 310 g/mol. The van der Waals surface area contributed by atoms with Crippen molar-refractivity contribution in [3.05, 3.63) is 70.2 Å². The minimum Gasteiger partial charge on any atom is -0.335 e. The van der Waals surface area contributed by atoms with Gasteiger partial charge in [-0.3, -0.25) is 4.79 Å². The number of nitrogens with zero attached hydrogens (tertiary/aromatic N) is 1. The van der Waals surface area contributed by atoms with E-state index in [0.29, 0.717) is 5.02 Å². The van der Waals surface area contributed by atoms with Gasteiger partial charge in [0, 0.05) is 12.1 Å². The molecule has 2 rings (SSSR count). The molecule has 1 atom stereocenters. The zero-order valence-electron chi connectivity index (χ0n) is 11.6. The highest BCUT2D eigenvalue weighted by molar-refractivity contribution is 6.31. The van der Waals surface area contributed by atoms with E-state index in [4.69, 9.17) is 11.6 Å². The summed E-state index contributed by atoms with van der Waals surface area (Å²) < 4.78 is 26.7. The SMILES string of the molecule is CC(c1ccc(F)cc1)N(C)C(=O)c1cc(Cl)ccc1F. The summed E-state index contributed by atoms with van der Waals surface area (Å²) in [5.41, 5.74) is 0.675. The lowest BCUT2D eigenvalue weighted by atomic mass is 10.1. The van der Waals surface area contributed by atoms with Crippen molar-refractivity contribution >= 4 is 17.5 Å². The van der Waals surface area contributed by atoms with E-state index in [9.17, 15) is 13.6 Å². The zero-order chi connectivity index (χ0) is 15.6. The Morgan fingerprint density at radius 2 is 1.76 bits per heavy atom. The first kappa shape index (κ1) is 15.4. The fraction of sp³-hybridized carbons (Fsp3) is 0.188. The molecular weight excluding hydrogens is 296 g/mol. The van der Waals surface area contributed by atoms with E-state index in [1.807, 2.05) is 0 Å². The molecule has 2 aromatic carbocycles. The molecule has 1 amide bonds. The molecule has 0 aromatic heterocycles. The third-order valence-corrected chi connectivity index (χ3v) is 3.65. The first-order valence-electron chi connectivity index (χ1n) is 6.38.